The molecule has 2 aliphatic rings. The van der Waals surface area contributed by atoms with Gasteiger partial charge in [0.1, 0.15) is 0 Å². The van der Waals surface area contributed by atoms with Gasteiger partial charge in [0.2, 0.25) is 17.8 Å². The molecule has 1 saturated heterocycles. The van der Waals surface area contributed by atoms with Crippen LogP contribution >= 0.6 is 0 Å². The van der Waals surface area contributed by atoms with Gasteiger partial charge < -0.3 is 15.0 Å². The minimum absolute atomic E-state index is 0.389. The molecule has 0 amide bonds. The SMILES string of the molecule is CC1CCCC1Nc1nc(NN)nc(N2CCOCC2)n1. The molecule has 0 spiro atoms. The van der Waals surface area contributed by atoms with Crippen molar-refractivity contribution in [3.63, 3.8) is 0 Å². The number of nitrogen functional groups attached to an aromatic ring is 1. The highest BCUT2D eigenvalue weighted by molar-refractivity contribution is 5.44. The molecule has 21 heavy (non-hydrogen) atoms. The van der Waals surface area contributed by atoms with Gasteiger partial charge in [-0.1, -0.05) is 13.3 Å². The maximum Gasteiger partial charge on any atom is 0.243 e. The van der Waals surface area contributed by atoms with Crippen LogP contribution in [0.25, 0.3) is 0 Å². The molecule has 0 bridgehead atoms. The summed E-state index contributed by atoms with van der Waals surface area (Å²) in [6.07, 6.45) is 3.66. The first-order chi connectivity index (χ1) is 10.3. The van der Waals surface area contributed by atoms with Crippen LogP contribution in [-0.4, -0.2) is 47.3 Å². The van der Waals surface area contributed by atoms with Gasteiger partial charge in [0.15, 0.2) is 0 Å². The van der Waals surface area contributed by atoms with E-state index in [4.69, 9.17) is 10.6 Å². The number of nitrogens with two attached hydrogens (primary N) is 1. The second-order valence-electron chi connectivity index (χ2n) is 5.69. The predicted molar refractivity (Wildman–Crippen MR) is 81.1 cm³/mol. The summed E-state index contributed by atoms with van der Waals surface area (Å²) in [7, 11) is 0. The van der Waals surface area contributed by atoms with Crippen molar-refractivity contribution in [3.05, 3.63) is 0 Å². The van der Waals surface area contributed by atoms with E-state index < -0.39 is 0 Å². The number of ether oxygens (including phenoxy) is 1. The van der Waals surface area contributed by atoms with Crippen LogP contribution in [0.3, 0.4) is 0 Å². The Bertz CT molecular complexity index is 478. The van der Waals surface area contributed by atoms with Gasteiger partial charge in [-0.05, 0) is 18.8 Å². The molecule has 4 N–H and O–H groups in total. The van der Waals surface area contributed by atoms with E-state index in [-0.39, 0.29) is 0 Å². The summed E-state index contributed by atoms with van der Waals surface area (Å²) >= 11 is 0. The van der Waals surface area contributed by atoms with E-state index in [0.717, 1.165) is 19.5 Å². The molecule has 0 radical (unpaired) electrons. The molecular weight excluding hydrogens is 270 g/mol. The minimum Gasteiger partial charge on any atom is -0.378 e. The second kappa shape index (κ2) is 6.40. The van der Waals surface area contributed by atoms with Crippen molar-refractivity contribution in [2.24, 2.45) is 11.8 Å². The van der Waals surface area contributed by atoms with Crippen LogP contribution in [0.2, 0.25) is 0 Å². The maximum absolute atomic E-state index is 5.48. The standard InChI is InChI=1S/C13H23N7O/c1-9-3-2-4-10(9)15-11-16-12(19-14)18-13(17-11)20-5-7-21-8-6-20/h9-10H,2-8,14H2,1H3,(H2,15,16,17,18,19). The molecule has 2 heterocycles. The summed E-state index contributed by atoms with van der Waals surface area (Å²) < 4.78 is 5.36. The number of rotatable bonds is 4. The van der Waals surface area contributed by atoms with Crippen molar-refractivity contribution in [2.45, 2.75) is 32.2 Å². The first-order valence-corrected chi connectivity index (χ1v) is 7.58. The summed E-state index contributed by atoms with van der Waals surface area (Å²) in [5.41, 5.74) is 2.52. The van der Waals surface area contributed by atoms with Crippen LogP contribution in [0.4, 0.5) is 17.8 Å². The van der Waals surface area contributed by atoms with Crippen molar-refractivity contribution in [1.82, 2.24) is 15.0 Å². The predicted octanol–water partition coefficient (Wildman–Crippen LogP) is 0.594. The largest absolute Gasteiger partial charge is 0.378 e. The van der Waals surface area contributed by atoms with Crippen molar-refractivity contribution in [1.29, 1.82) is 0 Å². The lowest BCUT2D eigenvalue weighted by atomic mass is 10.1. The number of nitrogens with one attached hydrogen (secondary N) is 2. The summed E-state index contributed by atoms with van der Waals surface area (Å²) in [6.45, 7) is 5.22. The van der Waals surface area contributed by atoms with E-state index in [0.29, 0.717) is 43.0 Å². The van der Waals surface area contributed by atoms with Crippen molar-refractivity contribution >= 4 is 17.8 Å². The molecule has 2 fully saturated rings. The monoisotopic (exact) mass is 293 g/mol. The molecule has 1 saturated carbocycles. The van der Waals surface area contributed by atoms with Gasteiger partial charge in [-0.2, -0.15) is 15.0 Å². The molecule has 1 aromatic heterocycles. The normalized spacial score (nSPS) is 25.9. The Morgan fingerprint density at radius 1 is 1.14 bits per heavy atom. The number of hydrogen-bond donors (Lipinski definition) is 3. The third-order valence-corrected chi connectivity index (χ3v) is 4.22. The molecule has 8 nitrogen and oxygen atoms in total. The molecular formula is C13H23N7O. The number of aromatic nitrogens is 3. The Morgan fingerprint density at radius 2 is 1.90 bits per heavy atom. The Labute approximate surface area is 124 Å². The third kappa shape index (κ3) is 3.33. The zero-order valence-electron chi connectivity index (χ0n) is 12.4. The van der Waals surface area contributed by atoms with Crippen LogP contribution in [0.15, 0.2) is 0 Å². The van der Waals surface area contributed by atoms with Gasteiger partial charge >= 0.3 is 0 Å². The molecule has 3 rings (SSSR count). The van der Waals surface area contributed by atoms with Crippen LogP contribution in [0, 0.1) is 5.92 Å². The Kier molecular flexibility index (Phi) is 4.35. The van der Waals surface area contributed by atoms with Crippen molar-refractivity contribution in [3.8, 4) is 0 Å². The molecule has 1 aliphatic carbocycles. The van der Waals surface area contributed by atoms with Crippen molar-refractivity contribution < 1.29 is 4.74 Å². The zero-order chi connectivity index (χ0) is 14.7. The summed E-state index contributed by atoms with van der Waals surface area (Å²) in [5.74, 6) is 7.75. The summed E-state index contributed by atoms with van der Waals surface area (Å²) in [6, 6.07) is 0.426. The number of hydrogen-bond acceptors (Lipinski definition) is 8. The second-order valence-corrected chi connectivity index (χ2v) is 5.69. The average molecular weight is 293 g/mol. The van der Waals surface area contributed by atoms with E-state index in [1.807, 2.05) is 0 Å². The quantitative estimate of drug-likeness (QED) is 0.548. The van der Waals surface area contributed by atoms with Gasteiger partial charge in [0.05, 0.1) is 13.2 Å². The van der Waals surface area contributed by atoms with Gasteiger partial charge in [-0.3, -0.25) is 5.43 Å². The first kappa shape index (κ1) is 14.3. The molecule has 116 valence electrons. The third-order valence-electron chi connectivity index (χ3n) is 4.22. The van der Waals surface area contributed by atoms with E-state index in [1.165, 1.54) is 12.8 Å². The van der Waals surface area contributed by atoms with Gasteiger partial charge in [0.25, 0.3) is 0 Å². The molecule has 2 unspecified atom stereocenters. The zero-order valence-corrected chi connectivity index (χ0v) is 12.4. The smallest absolute Gasteiger partial charge is 0.243 e. The summed E-state index contributed by atoms with van der Waals surface area (Å²) in [4.78, 5) is 15.3. The number of nitrogens with zero attached hydrogens (tertiary/aromatic N) is 4. The van der Waals surface area contributed by atoms with E-state index in [9.17, 15) is 0 Å². The highest BCUT2D eigenvalue weighted by Gasteiger charge is 2.25. The lowest BCUT2D eigenvalue weighted by Gasteiger charge is -2.27. The Morgan fingerprint density at radius 3 is 2.57 bits per heavy atom. The van der Waals surface area contributed by atoms with Crippen molar-refractivity contribution in [2.75, 3.05) is 41.9 Å². The molecule has 1 aliphatic heterocycles. The van der Waals surface area contributed by atoms with Gasteiger partial charge in [0, 0.05) is 19.1 Å². The number of anilines is 3. The van der Waals surface area contributed by atoms with E-state index in [2.05, 4.69) is 37.5 Å². The Balaban J connectivity index is 1.78. The average Bonchev–Trinajstić information content (AvgIpc) is 2.93. The lowest BCUT2D eigenvalue weighted by molar-refractivity contribution is 0.122. The molecule has 1 aromatic rings. The fraction of sp³-hybridized carbons (Fsp3) is 0.769. The fourth-order valence-corrected chi connectivity index (χ4v) is 2.92. The van der Waals surface area contributed by atoms with Gasteiger partial charge in [-0.15, -0.1) is 0 Å². The van der Waals surface area contributed by atoms with Crippen LogP contribution in [0.1, 0.15) is 26.2 Å². The highest BCUT2D eigenvalue weighted by atomic mass is 16.5. The maximum atomic E-state index is 5.48. The van der Waals surface area contributed by atoms with Crippen LogP contribution in [0.5, 0.6) is 0 Å². The highest BCUT2D eigenvalue weighted by Crippen LogP contribution is 2.27. The van der Waals surface area contributed by atoms with Crippen LogP contribution in [-0.2, 0) is 4.74 Å². The molecule has 0 aromatic carbocycles. The lowest BCUT2D eigenvalue weighted by Crippen LogP contribution is -2.38. The van der Waals surface area contributed by atoms with Gasteiger partial charge in [-0.25, -0.2) is 5.84 Å². The fourth-order valence-electron chi connectivity index (χ4n) is 2.92. The summed E-state index contributed by atoms with van der Waals surface area (Å²) in [5, 5.41) is 3.43. The first-order valence-electron chi connectivity index (χ1n) is 7.58. The minimum atomic E-state index is 0.389. The Hall–Kier alpha value is -1.67. The molecule has 2 atom stereocenters. The van der Waals surface area contributed by atoms with Crippen LogP contribution < -0.4 is 21.5 Å². The number of morpholine rings is 1. The van der Waals surface area contributed by atoms with E-state index in [1.54, 1.807) is 0 Å². The van der Waals surface area contributed by atoms with E-state index >= 15 is 0 Å². The topological polar surface area (TPSA) is 101 Å². The molecule has 8 heteroatoms. The number of hydrazine groups is 1.